The lowest BCUT2D eigenvalue weighted by Gasteiger charge is -2.22. The first-order valence-electron chi connectivity index (χ1n) is 6.30. The first-order chi connectivity index (χ1) is 10.2. The van der Waals surface area contributed by atoms with E-state index in [1.807, 2.05) is 5.32 Å². The summed E-state index contributed by atoms with van der Waals surface area (Å²) in [6.07, 6.45) is -1.28. The Kier molecular flexibility index (Phi) is 8.67. The lowest BCUT2D eigenvalue weighted by Crippen LogP contribution is -2.57. The molecule has 0 fully saturated rings. The Morgan fingerprint density at radius 1 is 1.09 bits per heavy atom. The van der Waals surface area contributed by atoms with Gasteiger partial charge in [0.2, 0.25) is 17.7 Å². The van der Waals surface area contributed by atoms with E-state index in [-0.39, 0.29) is 0 Å². The predicted octanol–water partition coefficient (Wildman–Crippen LogP) is -4.51. The molecule has 0 saturated heterocycles. The zero-order valence-corrected chi connectivity index (χ0v) is 11.9. The van der Waals surface area contributed by atoms with Gasteiger partial charge >= 0.3 is 5.97 Å². The third kappa shape index (κ3) is 7.52. The van der Waals surface area contributed by atoms with Crippen molar-refractivity contribution in [3.63, 3.8) is 0 Å². The highest BCUT2D eigenvalue weighted by molar-refractivity contribution is 5.92. The number of nitrogens with one attached hydrogen (secondary N) is 3. The number of amides is 3. The van der Waals surface area contributed by atoms with Crippen LogP contribution in [0.25, 0.3) is 0 Å². The average molecular weight is 320 g/mol. The molecule has 0 aromatic carbocycles. The highest BCUT2D eigenvalue weighted by atomic mass is 16.4. The maximum absolute atomic E-state index is 11.8. The van der Waals surface area contributed by atoms with E-state index in [0.29, 0.717) is 0 Å². The van der Waals surface area contributed by atoms with E-state index in [0.717, 1.165) is 0 Å². The summed E-state index contributed by atoms with van der Waals surface area (Å²) in [5.74, 6) is -3.71. The minimum Gasteiger partial charge on any atom is -0.480 e. The molecule has 0 aliphatic heterocycles. The molecular weight excluding hydrogens is 300 g/mol. The normalized spacial score (nSPS) is 14.4. The van der Waals surface area contributed by atoms with Crippen molar-refractivity contribution < 1.29 is 34.5 Å². The highest BCUT2D eigenvalue weighted by Crippen LogP contribution is 1.94. The van der Waals surface area contributed by atoms with Crippen molar-refractivity contribution in [3.05, 3.63) is 0 Å². The van der Waals surface area contributed by atoms with Crippen LogP contribution in [0.1, 0.15) is 6.92 Å². The quantitative estimate of drug-likeness (QED) is 0.221. The molecule has 0 saturated carbocycles. The van der Waals surface area contributed by atoms with Gasteiger partial charge in [0.05, 0.1) is 19.3 Å². The summed E-state index contributed by atoms with van der Waals surface area (Å²) in [5, 5.41) is 32.8. The third-order valence-corrected chi connectivity index (χ3v) is 2.46. The van der Waals surface area contributed by atoms with Crippen LogP contribution < -0.4 is 21.7 Å². The Balaban J connectivity index is 4.46. The summed E-state index contributed by atoms with van der Waals surface area (Å²) in [5.41, 5.74) is 5.26. The highest BCUT2D eigenvalue weighted by Gasteiger charge is 2.27. The molecule has 0 aliphatic rings. The van der Waals surface area contributed by atoms with Crippen molar-refractivity contribution >= 4 is 23.7 Å². The van der Waals surface area contributed by atoms with Gasteiger partial charge in [-0.1, -0.05) is 0 Å². The molecule has 3 unspecified atom stereocenters. The summed E-state index contributed by atoms with van der Waals surface area (Å²) < 4.78 is 0. The van der Waals surface area contributed by atoms with E-state index >= 15 is 0 Å². The molecule has 0 radical (unpaired) electrons. The molecule has 0 spiro atoms. The molecule has 11 heteroatoms. The van der Waals surface area contributed by atoms with Crippen molar-refractivity contribution in [2.45, 2.75) is 25.1 Å². The van der Waals surface area contributed by atoms with Crippen LogP contribution in [-0.4, -0.2) is 76.9 Å². The van der Waals surface area contributed by atoms with E-state index in [2.05, 4.69) is 10.6 Å². The number of carboxylic acid groups (broad SMARTS) is 1. The minimum atomic E-state index is -1.38. The number of nitrogens with two attached hydrogens (primary N) is 1. The summed E-state index contributed by atoms with van der Waals surface area (Å²) in [4.78, 5) is 44.7. The second-order valence-corrected chi connectivity index (χ2v) is 4.40. The van der Waals surface area contributed by atoms with E-state index in [4.69, 9.17) is 15.9 Å². The number of aliphatic hydroxyl groups excluding tert-OH is 2. The Bertz CT molecular complexity index is 427. The molecular formula is C11H20N4O7. The van der Waals surface area contributed by atoms with Gasteiger partial charge in [-0.05, 0) is 6.92 Å². The molecule has 0 aromatic rings. The summed E-state index contributed by atoms with van der Waals surface area (Å²) in [6, 6.07) is -2.63. The molecule has 0 heterocycles. The molecule has 3 amide bonds. The van der Waals surface area contributed by atoms with Crippen LogP contribution in [0.4, 0.5) is 0 Å². The zero-order valence-electron chi connectivity index (χ0n) is 11.9. The van der Waals surface area contributed by atoms with E-state index < -0.39 is 61.6 Å². The topological polar surface area (TPSA) is 191 Å². The average Bonchev–Trinajstić information content (AvgIpc) is 2.46. The lowest BCUT2D eigenvalue weighted by atomic mass is 10.1. The summed E-state index contributed by atoms with van der Waals surface area (Å²) in [7, 11) is 0. The number of aliphatic carboxylic acids is 1. The third-order valence-electron chi connectivity index (χ3n) is 2.46. The Morgan fingerprint density at radius 3 is 2.14 bits per heavy atom. The second-order valence-electron chi connectivity index (χ2n) is 4.40. The van der Waals surface area contributed by atoms with Crippen LogP contribution in [0, 0.1) is 0 Å². The van der Waals surface area contributed by atoms with Crippen LogP contribution in [-0.2, 0) is 19.2 Å². The van der Waals surface area contributed by atoms with Crippen LogP contribution in [0.5, 0.6) is 0 Å². The standard InChI is InChI=1S/C11H20N4O7/c1-5(17)9(15-10(21)6(12)4-16)11(22)14-2-7(18)13-3-8(19)20/h5-6,9,16-17H,2-4,12H2,1H3,(H,13,18)(H,14,22)(H,15,21)(H,19,20). The van der Waals surface area contributed by atoms with Crippen molar-refractivity contribution in [2.75, 3.05) is 19.7 Å². The molecule has 3 atom stereocenters. The van der Waals surface area contributed by atoms with Crippen LogP contribution in [0.2, 0.25) is 0 Å². The van der Waals surface area contributed by atoms with Crippen LogP contribution >= 0.6 is 0 Å². The summed E-state index contributed by atoms with van der Waals surface area (Å²) >= 11 is 0. The van der Waals surface area contributed by atoms with E-state index in [1.54, 1.807) is 0 Å². The van der Waals surface area contributed by atoms with Crippen molar-refractivity contribution in [1.82, 2.24) is 16.0 Å². The number of hydrogen-bond acceptors (Lipinski definition) is 7. The monoisotopic (exact) mass is 320 g/mol. The first-order valence-corrected chi connectivity index (χ1v) is 6.30. The van der Waals surface area contributed by atoms with Crippen molar-refractivity contribution in [1.29, 1.82) is 0 Å². The van der Waals surface area contributed by atoms with E-state index in [9.17, 15) is 24.3 Å². The number of carbonyl (C=O) groups excluding carboxylic acids is 3. The molecule has 22 heavy (non-hydrogen) atoms. The maximum Gasteiger partial charge on any atom is 0.322 e. The van der Waals surface area contributed by atoms with Crippen LogP contribution in [0.3, 0.4) is 0 Å². The number of carboxylic acids is 1. The van der Waals surface area contributed by atoms with Crippen LogP contribution in [0.15, 0.2) is 0 Å². The second kappa shape index (κ2) is 9.65. The van der Waals surface area contributed by atoms with Gasteiger partial charge in [0.25, 0.3) is 0 Å². The molecule has 0 aliphatic carbocycles. The van der Waals surface area contributed by atoms with Gasteiger partial charge in [0, 0.05) is 0 Å². The van der Waals surface area contributed by atoms with Gasteiger partial charge in [0.15, 0.2) is 0 Å². The smallest absolute Gasteiger partial charge is 0.322 e. The fraction of sp³-hybridized carbons (Fsp3) is 0.636. The SMILES string of the molecule is CC(O)C(NC(=O)C(N)CO)C(=O)NCC(=O)NCC(=O)O. The number of hydrogen-bond donors (Lipinski definition) is 7. The van der Waals surface area contributed by atoms with Gasteiger partial charge in [-0.25, -0.2) is 0 Å². The molecule has 0 bridgehead atoms. The number of aliphatic hydroxyl groups is 2. The van der Waals surface area contributed by atoms with Gasteiger partial charge < -0.3 is 37.0 Å². The summed E-state index contributed by atoms with van der Waals surface area (Å²) in [6.45, 7) is -0.537. The van der Waals surface area contributed by atoms with Crippen molar-refractivity contribution in [2.24, 2.45) is 5.73 Å². The first kappa shape index (κ1) is 19.8. The van der Waals surface area contributed by atoms with Gasteiger partial charge in [0.1, 0.15) is 18.6 Å². The number of rotatable bonds is 9. The fourth-order valence-electron chi connectivity index (χ4n) is 1.26. The largest absolute Gasteiger partial charge is 0.480 e. The van der Waals surface area contributed by atoms with Gasteiger partial charge in [-0.2, -0.15) is 0 Å². The fourth-order valence-corrected chi connectivity index (χ4v) is 1.26. The Labute approximate surface area is 125 Å². The Hall–Kier alpha value is -2.24. The van der Waals surface area contributed by atoms with Gasteiger partial charge in [-0.3, -0.25) is 19.2 Å². The molecule has 8 N–H and O–H groups in total. The Morgan fingerprint density at radius 2 is 1.68 bits per heavy atom. The molecule has 11 nitrogen and oxygen atoms in total. The van der Waals surface area contributed by atoms with Crippen molar-refractivity contribution in [3.8, 4) is 0 Å². The minimum absolute atomic E-state index is 0.530. The molecule has 0 aromatic heterocycles. The lowest BCUT2D eigenvalue weighted by molar-refractivity contribution is -0.138. The molecule has 0 rings (SSSR count). The van der Waals surface area contributed by atoms with E-state index in [1.165, 1.54) is 6.92 Å². The zero-order chi connectivity index (χ0) is 17.3. The number of carbonyl (C=O) groups is 4. The molecule has 126 valence electrons. The maximum atomic E-state index is 11.8. The predicted molar refractivity (Wildman–Crippen MR) is 72.3 cm³/mol. The van der Waals surface area contributed by atoms with Gasteiger partial charge in [-0.15, -0.1) is 0 Å².